The Morgan fingerprint density at radius 2 is 1.90 bits per heavy atom. The van der Waals surface area contributed by atoms with E-state index in [0.29, 0.717) is 18.7 Å². The van der Waals surface area contributed by atoms with Crippen LogP contribution in [0.25, 0.3) is 6.08 Å². The molecule has 4 aliphatic rings. The first kappa shape index (κ1) is 35.3. The predicted molar refractivity (Wildman–Crippen MR) is 188 cm³/mol. The van der Waals surface area contributed by atoms with Gasteiger partial charge >= 0.3 is 6.18 Å². The Kier molecular flexibility index (Phi) is 9.52. The van der Waals surface area contributed by atoms with E-state index in [-0.39, 0.29) is 59.1 Å². The van der Waals surface area contributed by atoms with E-state index >= 15 is 0 Å². The number of nitrogens with zero attached hydrogens (tertiary/aromatic N) is 2. The van der Waals surface area contributed by atoms with E-state index in [9.17, 15) is 27.9 Å². The molecule has 1 saturated carbocycles. The highest BCUT2D eigenvalue weighted by molar-refractivity contribution is 6.01. The zero-order valence-electron chi connectivity index (χ0n) is 29.3. The molecule has 1 saturated heterocycles. The van der Waals surface area contributed by atoms with Gasteiger partial charge in [-0.25, -0.2) is 0 Å². The van der Waals surface area contributed by atoms with Gasteiger partial charge in [-0.15, -0.1) is 0 Å². The van der Waals surface area contributed by atoms with E-state index in [0.717, 1.165) is 62.0 Å². The van der Waals surface area contributed by atoms with Crippen molar-refractivity contribution in [2.75, 3.05) is 33.4 Å². The highest BCUT2D eigenvalue weighted by atomic mass is 19.4. The van der Waals surface area contributed by atoms with E-state index in [1.807, 2.05) is 30.9 Å². The van der Waals surface area contributed by atoms with Gasteiger partial charge in [0.15, 0.2) is 17.3 Å². The monoisotopic (exact) mass is 702 g/mol. The molecule has 1 N–H and O–H groups in total. The normalized spacial score (nSPS) is 25.2. The summed E-state index contributed by atoms with van der Waals surface area (Å²) in [5.41, 5.74) is 2.48. The first-order valence-electron chi connectivity index (χ1n) is 17.9. The van der Waals surface area contributed by atoms with Crippen molar-refractivity contribution in [3.63, 3.8) is 0 Å². The van der Waals surface area contributed by atoms with Gasteiger partial charge in [0.2, 0.25) is 5.91 Å². The molecule has 2 fully saturated rings. The molecule has 2 aliphatic heterocycles. The second-order valence-corrected chi connectivity index (χ2v) is 15.0. The van der Waals surface area contributed by atoms with Crippen LogP contribution in [0.3, 0.4) is 0 Å². The molecular formula is C41H45F3N2O5. The Morgan fingerprint density at radius 1 is 1.12 bits per heavy atom. The molecule has 7 nitrogen and oxygen atoms in total. The van der Waals surface area contributed by atoms with Crippen LogP contribution in [0.15, 0.2) is 66.7 Å². The number of carbonyl (C=O) groups excluding carboxylic acids is 2. The van der Waals surface area contributed by atoms with E-state index in [4.69, 9.17) is 9.47 Å². The Morgan fingerprint density at radius 3 is 2.63 bits per heavy atom. The van der Waals surface area contributed by atoms with Crippen molar-refractivity contribution < 1.29 is 37.3 Å². The maximum atomic E-state index is 14.1. The molecule has 0 aromatic heterocycles. The van der Waals surface area contributed by atoms with Crippen LogP contribution >= 0.6 is 0 Å². The van der Waals surface area contributed by atoms with Crippen molar-refractivity contribution in [2.45, 2.75) is 75.7 Å². The second-order valence-electron chi connectivity index (χ2n) is 15.0. The zero-order chi connectivity index (χ0) is 36.1. The summed E-state index contributed by atoms with van der Waals surface area (Å²) in [6, 6.07) is 17.1. The number of aromatic hydroxyl groups is 1. The molecule has 3 aromatic rings. The number of alkyl halides is 3. The SMILES string of the molecule is COCC(=O)c1cc2c3c(c1O)OC1C(N(CC(C)C)C(=O)C=Cc4cccc(C(F)(F)F)c4)CC[C@H]4[C@@H](C2)N(CCc2ccccc2)CC[C@]314. The van der Waals surface area contributed by atoms with Crippen LogP contribution in [-0.2, 0) is 34.0 Å². The van der Waals surface area contributed by atoms with Crippen molar-refractivity contribution in [1.82, 2.24) is 9.80 Å². The number of amides is 1. The largest absolute Gasteiger partial charge is 0.504 e. The summed E-state index contributed by atoms with van der Waals surface area (Å²) in [6.07, 6.45) is 1.80. The van der Waals surface area contributed by atoms with Crippen LogP contribution in [-0.4, -0.2) is 78.1 Å². The van der Waals surface area contributed by atoms with Crippen LogP contribution in [0.4, 0.5) is 13.2 Å². The van der Waals surface area contributed by atoms with Crippen molar-refractivity contribution in [3.05, 3.63) is 100 Å². The minimum Gasteiger partial charge on any atom is -0.504 e. The van der Waals surface area contributed by atoms with Gasteiger partial charge in [-0.05, 0) is 91.5 Å². The number of Topliss-reactive ketones (excluding diaryl/α,β-unsaturated/α-hetero) is 1. The van der Waals surface area contributed by atoms with Crippen LogP contribution in [0, 0.1) is 11.8 Å². The number of rotatable bonds is 11. The van der Waals surface area contributed by atoms with Crippen LogP contribution in [0.5, 0.6) is 11.5 Å². The van der Waals surface area contributed by atoms with Crippen LogP contribution < -0.4 is 4.74 Å². The summed E-state index contributed by atoms with van der Waals surface area (Å²) in [7, 11) is 1.45. The maximum absolute atomic E-state index is 14.1. The van der Waals surface area contributed by atoms with Crippen LogP contribution in [0.2, 0.25) is 0 Å². The van der Waals surface area contributed by atoms with Gasteiger partial charge < -0.3 is 19.5 Å². The lowest BCUT2D eigenvalue weighted by atomic mass is 9.50. The second kappa shape index (κ2) is 13.8. The molecule has 10 heteroatoms. The fourth-order valence-electron chi connectivity index (χ4n) is 9.47. The Labute approximate surface area is 297 Å². The number of ether oxygens (including phenoxy) is 2. The summed E-state index contributed by atoms with van der Waals surface area (Å²) in [5.74, 6) is -0.126. The van der Waals surface area contributed by atoms with Crippen molar-refractivity contribution in [1.29, 1.82) is 0 Å². The first-order chi connectivity index (χ1) is 24.4. The van der Waals surface area contributed by atoms with E-state index in [1.54, 1.807) is 6.07 Å². The number of piperidine rings is 1. The van der Waals surface area contributed by atoms with Gasteiger partial charge in [0.05, 0.1) is 17.2 Å². The molecule has 2 aliphatic carbocycles. The van der Waals surface area contributed by atoms with Crippen molar-refractivity contribution in [3.8, 4) is 11.5 Å². The first-order valence-corrected chi connectivity index (χ1v) is 17.9. The number of hydrogen-bond donors (Lipinski definition) is 1. The Bertz CT molecular complexity index is 1830. The third kappa shape index (κ3) is 6.35. The number of phenolic OH excluding ortho intramolecular Hbond substituents is 1. The molecule has 1 amide bonds. The number of methoxy groups -OCH3 is 1. The number of likely N-dealkylation sites (tertiary alicyclic amines) is 1. The third-order valence-corrected chi connectivity index (χ3v) is 11.5. The lowest BCUT2D eigenvalue weighted by Gasteiger charge is -2.60. The summed E-state index contributed by atoms with van der Waals surface area (Å²) in [4.78, 5) is 31.7. The van der Waals surface area contributed by atoms with Gasteiger partial charge in [-0.1, -0.05) is 56.3 Å². The van der Waals surface area contributed by atoms with E-state index in [1.165, 1.54) is 30.9 Å². The minimum absolute atomic E-state index is 0.107. The molecule has 2 unspecified atom stereocenters. The molecule has 1 spiro atoms. The minimum atomic E-state index is -4.49. The molecule has 2 bridgehead atoms. The fraction of sp³-hybridized carbons (Fsp3) is 0.463. The topological polar surface area (TPSA) is 79.3 Å². The summed E-state index contributed by atoms with van der Waals surface area (Å²) in [6.45, 7) is 6.04. The third-order valence-electron chi connectivity index (χ3n) is 11.5. The van der Waals surface area contributed by atoms with Gasteiger partial charge in [0.1, 0.15) is 12.7 Å². The Hall–Kier alpha value is -4.15. The summed E-state index contributed by atoms with van der Waals surface area (Å²) < 4.78 is 52.2. The lowest BCUT2D eigenvalue weighted by molar-refractivity contribution is -0.138. The van der Waals surface area contributed by atoms with E-state index in [2.05, 4.69) is 29.2 Å². The molecular weight excluding hydrogens is 657 g/mol. The highest BCUT2D eigenvalue weighted by Crippen LogP contribution is 2.65. The summed E-state index contributed by atoms with van der Waals surface area (Å²) >= 11 is 0. The van der Waals surface area contributed by atoms with Gasteiger partial charge in [-0.3, -0.25) is 14.5 Å². The quantitative estimate of drug-likeness (QED) is 0.170. The molecule has 270 valence electrons. The maximum Gasteiger partial charge on any atom is 0.416 e. The number of halogens is 3. The molecule has 51 heavy (non-hydrogen) atoms. The summed E-state index contributed by atoms with van der Waals surface area (Å²) in [5, 5.41) is 11.6. The number of phenols is 1. The van der Waals surface area contributed by atoms with Gasteiger partial charge in [0, 0.05) is 43.3 Å². The fourth-order valence-corrected chi connectivity index (χ4v) is 9.47. The standard InChI is InChI=1S/C41H45F3N2O5/c1-25(2)23-46(35(48)15-12-27-10-7-11-29(20-27)41(42,43)44)32-14-13-31-33-22-28-21-30(34(47)24-50-3)37(49)38-36(28)40(31,39(32)51-38)17-19-45(33)18-16-26-8-5-4-6-9-26/h4-12,15,20-21,25,31-33,39,49H,13-14,16-19,22-24H2,1-3H3/t31-,32?,33+,39?,40-/m0/s1. The molecule has 3 aromatic carbocycles. The highest BCUT2D eigenvalue weighted by Gasteiger charge is 2.66. The molecule has 5 atom stereocenters. The number of ketones is 1. The lowest BCUT2D eigenvalue weighted by Crippen LogP contribution is -2.69. The smallest absolute Gasteiger partial charge is 0.416 e. The number of benzene rings is 3. The average Bonchev–Trinajstić information content (AvgIpc) is 3.45. The number of hydrogen-bond acceptors (Lipinski definition) is 6. The average molecular weight is 703 g/mol. The number of carbonyl (C=O) groups is 2. The van der Waals surface area contributed by atoms with Crippen molar-refractivity contribution in [2.24, 2.45) is 11.8 Å². The van der Waals surface area contributed by atoms with Gasteiger partial charge in [-0.2, -0.15) is 13.2 Å². The van der Waals surface area contributed by atoms with E-state index < -0.39 is 23.3 Å². The molecule has 7 rings (SSSR count). The molecule has 0 radical (unpaired) electrons. The predicted octanol–water partition coefficient (Wildman–Crippen LogP) is 7.09. The Balaban J connectivity index is 1.26. The molecule has 2 heterocycles. The van der Waals surface area contributed by atoms with Crippen LogP contribution in [0.1, 0.15) is 71.3 Å². The van der Waals surface area contributed by atoms with Gasteiger partial charge in [0.25, 0.3) is 0 Å². The van der Waals surface area contributed by atoms with Crippen molar-refractivity contribution >= 4 is 17.8 Å². The zero-order valence-corrected chi connectivity index (χ0v) is 29.3.